The van der Waals surface area contributed by atoms with Crippen molar-refractivity contribution in [1.82, 2.24) is 0 Å². The van der Waals surface area contributed by atoms with Crippen LogP contribution in [0.4, 0.5) is 5.69 Å². The standard InChI is InChI=1S/C25H37NO3S/c27-25(28)14-7-2-1-6-12-21-22(24-16-15-23(21)29-24)13-8-9-18-30-19-17-26-20-10-4-3-5-11-20/h1,3-6,10-11,21-24,26H,2,7-9,12-19H2,(H,27,28)/b6-1-/t21-,22+,23-,24+/m1/s1. The predicted octanol–water partition coefficient (Wildman–Crippen LogP) is 6.00. The number of carboxylic acid groups (broad SMARTS) is 1. The van der Waals surface area contributed by atoms with Crippen molar-refractivity contribution in [2.24, 2.45) is 11.8 Å². The van der Waals surface area contributed by atoms with E-state index < -0.39 is 5.97 Å². The maximum atomic E-state index is 10.6. The first-order valence-electron chi connectivity index (χ1n) is 11.6. The molecule has 30 heavy (non-hydrogen) atoms. The number of rotatable bonds is 15. The second-order valence-electron chi connectivity index (χ2n) is 8.51. The molecule has 2 heterocycles. The number of benzene rings is 1. The molecular weight excluding hydrogens is 394 g/mol. The van der Waals surface area contributed by atoms with Gasteiger partial charge in [-0.1, -0.05) is 36.8 Å². The zero-order valence-corrected chi connectivity index (χ0v) is 18.8. The number of hydrogen-bond donors (Lipinski definition) is 2. The third-order valence-electron chi connectivity index (χ3n) is 6.35. The van der Waals surface area contributed by atoms with Crippen LogP contribution in [-0.4, -0.2) is 41.3 Å². The van der Waals surface area contributed by atoms with Crippen LogP contribution in [0.5, 0.6) is 0 Å². The monoisotopic (exact) mass is 431 g/mol. The van der Waals surface area contributed by atoms with E-state index in [1.54, 1.807) is 0 Å². The van der Waals surface area contributed by atoms with E-state index in [-0.39, 0.29) is 6.42 Å². The molecule has 4 atom stereocenters. The highest BCUT2D eigenvalue weighted by atomic mass is 32.2. The molecule has 4 nitrogen and oxygen atoms in total. The van der Waals surface area contributed by atoms with Gasteiger partial charge < -0.3 is 15.2 Å². The smallest absolute Gasteiger partial charge is 0.303 e. The number of anilines is 1. The molecule has 2 N–H and O–H groups in total. The van der Waals surface area contributed by atoms with Crippen molar-refractivity contribution in [3.63, 3.8) is 0 Å². The van der Waals surface area contributed by atoms with Gasteiger partial charge in [0.2, 0.25) is 0 Å². The largest absolute Gasteiger partial charge is 0.481 e. The number of aliphatic carboxylic acids is 1. The number of fused-ring (bicyclic) bond motifs is 2. The molecule has 5 heteroatoms. The Morgan fingerprint density at radius 2 is 1.87 bits per heavy atom. The summed E-state index contributed by atoms with van der Waals surface area (Å²) in [6.45, 7) is 1.02. The Morgan fingerprint density at radius 1 is 1.07 bits per heavy atom. The highest BCUT2D eigenvalue weighted by Gasteiger charge is 2.47. The summed E-state index contributed by atoms with van der Waals surface area (Å²) >= 11 is 2.05. The Labute approximate surface area is 185 Å². The Bertz CT molecular complexity index is 651. The van der Waals surface area contributed by atoms with E-state index in [4.69, 9.17) is 9.84 Å². The van der Waals surface area contributed by atoms with Gasteiger partial charge in [0, 0.05) is 24.4 Å². The number of allylic oxidation sites excluding steroid dienone is 2. The van der Waals surface area contributed by atoms with E-state index in [0.717, 1.165) is 37.5 Å². The highest BCUT2D eigenvalue weighted by molar-refractivity contribution is 7.99. The number of hydrogen-bond acceptors (Lipinski definition) is 4. The van der Waals surface area contributed by atoms with E-state index in [9.17, 15) is 4.79 Å². The number of nitrogens with one attached hydrogen (secondary N) is 1. The first-order chi connectivity index (χ1) is 14.7. The summed E-state index contributed by atoms with van der Waals surface area (Å²) in [6.07, 6.45) is 14.7. The van der Waals surface area contributed by atoms with Gasteiger partial charge in [-0.3, -0.25) is 4.79 Å². The number of carboxylic acids is 1. The normalized spacial score (nSPS) is 25.2. The van der Waals surface area contributed by atoms with Crippen LogP contribution in [0.3, 0.4) is 0 Å². The average molecular weight is 432 g/mol. The fraction of sp³-hybridized carbons (Fsp3) is 0.640. The summed E-state index contributed by atoms with van der Waals surface area (Å²) in [5, 5.41) is 12.2. The highest BCUT2D eigenvalue weighted by Crippen LogP contribution is 2.47. The molecule has 0 saturated carbocycles. The zero-order chi connectivity index (χ0) is 21.0. The van der Waals surface area contributed by atoms with Crippen molar-refractivity contribution in [2.75, 3.05) is 23.4 Å². The molecular formula is C25H37NO3S. The number of ether oxygens (including phenoxy) is 1. The Morgan fingerprint density at radius 3 is 2.67 bits per heavy atom. The summed E-state index contributed by atoms with van der Waals surface area (Å²) in [5.74, 6) is 3.09. The predicted molar refractivity (Wildman–Crippen MR) is 126 cm³/mol. The SMILES string of the molecule is O=C(O)CCC/C=C\C[C@@H]1[C@H](CCCCSCCNc2ccccc2)[C@@H]2CC[C@H]1O2. The molecule has 1 aromatic carbocycles. The Hall–Kier alpha value is -1.46. The second-order valence-corrected chi connectivity index (χ2v) is 9.74. The number of carbonyl (C=O) groups is 1. The molecule has 0 spiro atoms. The van der Waals surface area contributed by atoms with E-state index >= 15 is 0 Å². The number of thioether (sulfide) groups is 1. The van der Waals surface area contributed by atoms with E-state index in [1.807, 2.05) is 17.8 Å². The molecule has 0 unspecified atom stereocenters. The summed E-state index contributed by atoms with van der Waals surface area (Å²) in [4.78, 5) is 10.6. The molecule has 3 rings (SSSR count). The minimum Gasteiger partial charge on any atom is -0.481 e. The minimum absolute atomic E-state index is 0.268. The van der Waals surface area contributed by atoms with Gasteiger partial charge in [-0.15, -0.1) is 0 Å². The lowest BCUT2D eigenvalue weighted by Gasteiger charge is -2.27. The topological polar surface area (TPSA) is 58.6 Å². The average Bonchev–Trinajstić information content (AvgIpc) is 3.35. The van der Waals surface area contributed by atoms with Gasteiger partial charge in [0.1, 0.15) is 0 Å². The molecule has 2 aliphatic heterocycles. The van der Waals surface area contributed by atoms with Gasteiger partial charge in [-0.05, 0) is 74.7 Å². The molecule has 2 bridgehead atoms. The zero-order valence-electron chi connectivity index (χ0n) is 18.0. The molecule has 0 radical (unpaired) electrons. The van der Waals surface area contributed by atoms with Gasteiger partial charge in [0.25, 0.3) is 0 Å². The van der Waals surface area contributed by atoms with Gasteiger partial charge >= 0.3 is 5.97 Å². The third kappa shape index (κ3) is 7.66. The van der Waals surface area contributed by atoms with E-state index in [1.165, 1.54) is 43.5 Å². The summed E-state index contributed by atoms with van der Waals surface area (Å²) in [5.41, 5.74) is 1.20. The fourth-order valence-corrected chi connectivity index (χ4v) is 5.71. The number of unbranched alkanes of at least 4 members (excludes halogenated alkanes) is 2. The summed E-state index contributed by atoms with van der Waals surface area (Å²) < 4.78 is 6.23. The lowest BCUT2D eigenvalue weighted by molar-refractivity contribution is -0.137. The summed E-state index contributed by atoms with van der Waals surface area (Å²) in [6, 6.07) is 10.4. The van der Waals surface area contributed by atoms with Crippen LogP contribution in [0.2, 0.25) is 0 Å². The van der Waals surface area contributed by atoms with Gasteiger partial charge in [-0.2, -0.15) is 11.8 Å². The minimum atomic E-state index is -0.699. The van der Waals surface area contributed by atoms with Crippen LogP contribution < -0.4 is 5.32 Å². The molecule has 0 aliphatic carbocycles. The van der Waals surface area contributed by atoms with Crippen LogP contribution in [-0.2, 0) is 9.53 Å². The van der Waals surface area contributed by atoms with Gasteiger partial charge in [0.05, 0.1) is 12.2 Å². The lowest BCUT2D eigenvalue weighted by Crippen LogP contribution is -2.26. The number of para-hydroxylation sites is 1. The van der Waals surface area contributed by atoms with Crippen molar-refractivity contribution in [1.29, 1.82) is 0 Å². The first kappa shape index (κ1) is 23.2. The Balaban J connectivity index is 1.25. The van der Waals surface area contributed by atoms with Crippen LogP contribution in [0, 0.1) is 11.8 Å². The maximum absolute atomic E-state index is 10.6. The second kappa shape index (κ2) is 13.1. The first-order valence-corrected chi connectivity index (χ1v) is 12.8. The van der Waals surface area contributed by atoms with Crippen LogP contribution in [0.25, 0.3) is 0 Å². The fourth-order valence-electron chi connectivity index (χ4n) is 4.85. The van der Waals surface area contributed by atoms with Gasteiger partial charge in [0.15, 0.2) is 0 Å². The molecule has 1 aromatic rings. The van der Waals surface area contributed by atoms with Crippen molar-refractivity contribution >= 4 is 23.4 Å². The molecule has 166 valence electrons. The van der Waals surface area contributed by atoms with Gasteiger partial charge in [-0.25, -0.2) is 0 Å². The molecule has 0 amide bonds. The molecule has 2 fully saturated rings. The Kier molecular flexibility index (Phi) is 10.1. The van der Waals surface area contributed by atoms with E-state index in [0.29, 0.717) is 18.1 Å². The van der Waals surface area contributed by atoms with Crippen molar-refractivity contribution in [3.8, 4) is 0 Å². The molecule has 2 aliphatic rings. The van der Waals surface area contributed by atoms with Crippen molar-refractivity contribution in [3.05, 3.63) is 42.5 Å². The quantitative estimate of drug-likeness (QED) is 0.264. The maximum Gasteiger partial charge on any atom is 0.303 e. The third-order valence-corrected chi connectivity index (χ3v) is 7.42. The van der Waals surface area contributed by atoms with Crippen LogP contribution in [0.1, 0.15) is 57.8 Å². The molecule has 2 saturated heterocycles. The summed E-state index contributed by atoms with van der Waals surface area (Å²) in [7, 11) is 0. The van der Waals surface area contributed by atoms with Crippen LogP contribution in [0.15, 0.2) is 42.5 Å². The lowest BCUT2D eigenvalue weighted by atomic mass is 9.75. The van der Waals surface area contributed by atoms with Crippen LogP contribution >= 0.6 is 11.8 Å². The van der Waals surface area contributed by atoms with Crippen molar-refractivity contribution < 1.29 is 14.6 Å². The van der Waals surface area contributed by atoms with Crippen molar-refractivity contribution in [2.45, 2.75) is 70.0 Å². The van der Waals surface area contributed by atoms with E-state index in [2.05, 4.69) is 41.7 Å². The molecule has 0 aromatic heterocycles.